The summed E-state index contributed by atoms with van der Waals surface area (Å²) >= 11 is 1.84. The Morgan fingerprint density at radius 3 is 2.71 bits per heavy atom. The van der Waals surface area contributed by atoms with Gasteiger partial charge in [-0.3, -0.25) is 10.1 Å². The zero-order valence-electron chi connectivity index (χ0n) is 15.9. The van der Waals surface area contributed by atoms with Gasteiger partial charge in [-0.05, 0) is 36.2 Å². The number of amides is 1. The molecule has 0 saturated heterocycles. The Morgan fingerprint density at radius 1 is 1.14 bits per heavy atom. The summed E-state index contributed by atoms with van der Waals surface area (Å²) < 4.78 is 5.63. The van der Waals surface area contributed by atoms with Crippen molar-refractivity contribution in [1.82, 2.24) is 5.32 Å². The van der Waals surface area contributed by atoms with Gasteiger partial charge in [-0.15, -0.1) is 11.8 Å². The number of thioether (sulfide) groups is 1. The molecule has 1 amide bonds. The first-order valence-electron chi connectivity index (χ1n) is 9.60. The van der Waals surface area contributed by atoms with Gasteiger partial charge in [0.1, 0.15) is 5.76 Å². The second-order valence-electron chi connectivity index (χ2n) is 6.97. The number of hydrogen-bond donors (Lipinski definition) is 1. The molecular formula is C23H24N2O2S. The molecule has 0 radical (unpaired) electrons. The van der Waals surface area contributed by atoms with Gasteiger partial charge in [-0.25, -0.2) is 0 Å². The van der Waals surface area contributed by atoms with Crippen molar-refractivity contribution in [1.29, 1.82) is 0 Å². The summed E-state index contributed by atoms with van der Waals surface area (Å²) in [6.07, 6.45) is 2.64. The average Bonchev–Trinajstić information content (AvgIpc) is 3.18. The molecule has 0 bridgehead atoms. The minimum Gasteiger partial charge on any atom is -0.467 e. The van der Waals surface area contributed by atoms with E-state index in [1.165, 1.54) is 4.90 Å². The summed E-state index contributed by atoms with van der Waals surface area (Å²) in [6.45, 7) is 3.20. The van der Waals surface area contributed by atoms with Crippen molar-refractivity contribution in [3.63, 3.8) is 0 Å². The molecule has 1 aromatic heterocycles. The smallest absolute Gasteiger partial charge is 0.241 e. The minimum absolute atomic E-state index is 0.0784. The molecule has 28 heavy (non-hydrogen) atoms. The fourth-order valence-corrected chi connectivity index (χ4v) is 4.63. The van der Waals surface area contributed by atoms with Crippen LogP contribution in [0.15, 0.2) is 82.3 Å². The van der Waals surface area contributed by atoms with Crippen molar-refractivity contribution in [2.45, 2.75) is 29.5 Å². The number of hydrogen-bond acceptors (Lipinski definition) is 4. The normalized spacial score (nSPS) is 17.6. The van der Waals surface area contributed by atoms with Crippen molar-refractivity contribution in [2.24, 2.45) is 0 Å². The summed E-state index contributed by atoms with van der Waals surface area (Å²) in [7, 11) is 0. The standard InChI is InChI=1S/C23H24N2O2S/c1-17-13-14-25(19-10-5-6-12-21(19)28-17)22(26)16-24-23(20-11-7-15-27-20)18-8-3-2-4-9-18/h2-12,15,17,23-24H,13-14,16H2,1H3/t17-,23+/m1/s1. The van der Waals surface area contributed by atoms with E-state index in [0.717, 1.165) is 30.0 Å². The van der Waals surface area contributed by atoms with E-state index in [4.69, 9.17) is 4.42 Å². The van der Waals surface area contributed by atoms with E-state index in [9.17, 15) is 4.79 Å². The molecule has 0 spiro atoms. The number of carbonyl (C=O) groups is 1. The summed E-state index contributed by atoms with van der Waals surface area (Å²) in [4.78, 5) is 16.2. The fraction of sp³-hybridized carbons (Fsp3) is 0.261. The summed E-state index contributed by atoms with van der Waals surface area (Å²) in [6, 6.07) is 21.9. The maximum absolute atomic E-state index is 13.1. The van der Waals surface area contributed by atoms with E-state index < -0.39 is 0 Å². The zero-order chi connectivity index (χ0) is 19.3. The highest BCUT2D eigenvalue weighted by Gasteiger charge is 2.25. The lowest BCUT2D eigenvalue weighted by Gasteiger charge is -2.24. The van der Waals surface area contributed by atoms with Crippen LogP contribution in [0.4, 0.5) is 5.69 Å². The molecule has 0 fully saturated rings. The Balaban J connectivity index is 1.53. The molecule has 144 valence electrons. The average molecular weight is 393 g/mol. The van der Waals surface area contributed by atoms with Crippen molar-refractivity contribution in [2.75, 3.05) is 18.0 Å². The lowest BCUT2D eigenvalue weighted by molar-refractivity contribution is -0.117. The number of benzene rings is 2. The van der Waals surface area contributed by atoms with Gasteiger partial charge in [-0.2, -0.15) is 0 Å². The number of carbonyl (C=O) groups excluding carboxylic acids is 1. The van der Waals surface area contributed by atoms with E-state index in [1.807, 2.05) is 77.3 Å². The number of fused-ring (bicyclic) bond motifs is 1. The molecule has 1 N–H and O–H groups in total. The fourth-order valence-electron chi connectivity index (χ4n) is 3.51. The van der Waals surface area contributed by atoms with Crippen LogP contribution in [0.2, 0.25) is 0 Å². The van der Waals surface area contributed by atoms with Crippen LogP contribution in [-0.4, -0.2) is 24.2 Å². The Hall–Kier alpha value is -2.50. The molecule has 2 aromatic carbocycles. The highest BCUT2D eigenvalue weighted by Crippen LogP contribution is 2.37. The SMILES string of the molecule is C[C@@H]1CCN(C(=O)CN[C@@H](c2ccccc2)c2ccco2)c2ccccc2S1. The van der Waals surface area contributed by atoms with Crippen LogP contribution in [0, 0.1) is 0 Å². The second-order valence-corrected chi connectivity index (χ2v) is 8.45. The van der Waals surface area contributed by atoms with Gasteiger partial charge in [0.25, 0.3) is 0 Å². The molecular weight excluding hydrogens is 368 g/mol. The molecule has 0 saturated carbocycles. The first-order chi connectivity index (χ1) is 13.7. The van der Waals surface area contributed by atoms with Crippen molar-refractivity contribution < 1.29 is 9.21 Å². The first kappa shape index (κ1) is 18.8. The molecule has 2 heterocycles. The van der Waals surface area contributed by atoms with Crippen LogP contribution >= 0.6 is 11.8 Å². The van der Waals surface area contributed by atoms with Gasteiger partial charge in [-0.1, -0.05) is 49.4 Å². The quantitative estimate of drug-likeness (QED) is 0.672. The Kier molecular flexibility index (Phi) is 5.84. The van der Waals surface area contributed by atoms with Crippen LogP contribution in [0.25, 0.3) is 0 Å². The van der Waals surface area contributed by atoms with Gasteiger partial charge in [0.2, 0.25) is 5.91 Å². The Bertz CT molecular complexity index is 911. The van der Waals surface area contributed by atoms with E-state index in [2.05, 4.69) is 18.3 Å². The zero-order valence-corrected chi connectivity index (χ0v) is 16.7. The van der Waals surface area contributed by atoms with E-state index in [1.54, 1.807) is 6.26 Å². The van der Waals surface area contributed by atoms with Crippen LogP contribution in [0.3, 0.4) is 0 Å². The number of nitrogens with one attached hydrogen (secondary N) is 1. The van der Waals surface area contributed by atoms with Crippen molar-refractivity contribution >= 4 is 23.4 Å². The summed E-state index contributed by atoms with van der Waals surface area (Å²) in [5.74, 6) is 0.883. The number of rotatable bonds is 5. The Labute approximate surface area is 169 Å². The third kappa shape index (κ3) is 4.16. The van der Waals surface area contributed by atoms with Gasteiger partial charge in [0.15, 0.2) is 0 Å². The molecule has 0 aliphatic carbocycles. The second kappa shape index (κ2) is 8.67. The van der Waals surface area contributed by atoms with Crippen LogP contribution < -0.4 is 10.2 Å². The number of furan rings is 1. The molecule has 4 nitrogen and oxygen atoms in total. The molecule has 0 unspecified atom stereocenters. The maximum atomic E-state index is 13.1. The van der Waals surface area contributed by atoms with E-state index in [0.29, 0.717) is 5.25 Å². The minimum atomic E-state index is -0.157. The number of para-hydroxylation sites is 1. The summed E-state index contributed by atoms with van der Waals surface area (Å²) in [5, 5.41) is 3.90. The van der Waals surface area contributed by atoms with Crippen molar-refractivity contribution in [3.05, 3.63) is 84.3 Å². The topological polar surface area (TPSA) is 45.5 Å². The van der Waals surface area contributed by atoms with Crippen molar-refractivity contribution in [3.8, 4) is 0 Å². The molecule has 5 heteroatoms. The van der Waals surface area contributed by atoms with E-state index in [-0.39, 0.29) is 18.5 Å². The highest BCUT2D eigenvalue weighted by molar-refractivity contribution is 8.00. The molecule has 2 atom stereocenters. The molecule has 1 aliphatic rings. The van der Waals surface area contributed by atoms with Gasteiger partial charge < -0.3 is 9.32 Å². The molecule has 4 rings (SSSR count). The predicted molar refractivity (Wildman–Crippen MR) is 114 cm³/mol. The third-order valence-electron chi connectivity index (χ3n) is 4.96. The van der Waals surface area contributed by atoms with Gasteiger partial charge in [0.05, 0.1) is 24.5 Å². The highest BCUT2D eigenvalue weighted by atomic mass is 32.2. The van der Waals surface area contributed by atoms with Gasteiger partial charge >= 0.3 is 0 Å². The third-order valence-corrected chi connectivity index (χ3v) is 6.20. The lowest BCUT2D eigenvalue weighted by Crippen LogP contribution is -2.40. The first-order valence-corrected chi connectivity index (χ1v) is 10.5. The lowest BCUT2D eigenvalue weighted by atomic mass is 10.0. The van der Waals surface area contributed by atoms with E-state index >= 15 is 0 Å². The van der Waals surface area contributed by atoms with Gasteiger partial charge in [0, 0.05) is 16.7 Å². The largest absolute Gasteiger partial charge is 0.467 e. The molecule has 1 aliphatic heterocycles. The number of anilines is 1. The Morgan fingerprint density at radius 2 is 1.93 bits per heavy atom. The maximum Gasteiger partial charge on any atom is 0.241 e. The van der Waals surface area contributed by atoms with Crippen LogP contribution in [0.5, 0.6) is 0 Å². The van der Waals surface area contributed by atoms with Crippen LogP contribution in [-0.2, 0) is 4.79 Å². The monoisotopic (exact) mass is 392 g/mol. The van der Waals surface area contributed by atoms with Crippen LogP contribution in [0.1, 0.15) is 30.7 Å². The number of nitrogens with zero attached hydrogens (tertiary/aromatic N) is 1. The molecule has 3 aromatic rings. The summed E-state index contributed by atoms with van der Waals surface area (Å²) in [5.41, 5.74) is 2.09. The predicted octanol–water partition coefficient (Wildman–Crippen LogP) is 4.88.